The van der Waals surface area contributed by atoms with Crippen molar-refractivity contribution in [2.45, 2.75) is 36.7 Å². The first-order valence-corrected chi connectivity index (χ1v) is 14.3. The second kappa shape index (κ2) is 13.8. The van der Waals surface area contributed by atoms with Crippen molar-refractivity contribution in [3.8, 4) is 0 Å². The summed E-state index contributed by atoms with van der Waals surface area (Å²) < 4.78 is 26.9. The molecule has 2 amide bonds. The zero-order valence-corrected chi connectivity index (χ0v) is 23.6. The van der Waals surface area contributed by atoms with Crippen LogP contribution in [0.3, 0.4) is 0 Å². The molecule has 0 radical (unpaired) electrons. The fraction of sp³-hybridized carbons (Fsp3) is 0.286. The number of nitrogens with one attached hydrogen (secondary N) is 1. The Morgan fingerprint density at radius 2 is 1.47 bits per heavy atom. The van der Waals surface area contributed by atoms with E-state index in [1.807, 2.05) is 30.3 Å². The van der Waals surface area contributed by atoms with Gasteiger partial charge in [0.15, 0.2) is 0 Å². The summed E-state index contributed by atoms with van der Waals surface area (Å²) in [6, 6.07) is 21.8. The SMILES string of the molecule is CNC(=O)C(Cc1ccccc1)N(Cc1c(Cl)cccc1Cl)C(=O)CCCN(C)S(=O)(=O)c1ccccc1. The summed E-state index contributed by atoms with van der Waals surface area (Å²) in [7, 11) is -0.676. The van der Waals surface area contributed by atoms with Crippen LogP contribution in [0.1, 0.15) is 24.0 Å². The Labute approximate surface area is 234 Å². The second-order valence-electron chi connectivity index (χ2n) is 8.78. The lowest BCUT2D eigenvalue weighted by Crippen LogP contribution is -2.49. The number of rotatable bonds is 12. The maximum Gasteiger partial charge on any atom is 0.242 e. The zero-order chi connectivity index (χ0) is 27.7. The highest BCUT2D eigenvalue weighted by Gasteiger charge is 2.31. The van der Waals surface area contributed by atoms with Crippen LogP contribution in [0.2, 0.25) is 10.0 Å². The van der Waals surface area contributed by atoms with Gasteiger partial charge in [0.1, 0.15) is 6.04 Å². The summed E-state index contributed by atoms with van der Waals surface area (Å²) >= 11 is 12.8. The van der Waals surface area contributed by atoms with Gasteiger partial charge in [0.2, 0.25) is 21.8 Å². The highest BCUT2D eigenvalue weighted by atomic mass is 35.5. The van der Waals surface area contributed by atoms with E-state index in [1.165, 1.54) is 35.4 Å². The Morgan fingerprint density at radius 3 is 2.05 bits per heavy atom. The molecule has 3 aromatic rings. The molecule has 202 valence electrons. The maximum atomic E-state index is 13.6. The standard InChI is InChI=1S/C28H31Cl2N3O4S/c1-31-28(35)26(19-21-11-5-3-6-12-21)33(20-23-24(29)15-9-16-25(23)30)27(34)17-10-18-32(2)38(36,37)22-13-7-4-8-14-22/h3-9,11-16,26H,10,17-20H2,1-2H3,(H,31,35). The van der Waals surface area contributed by atoms with Crippen molar-refractivity contribution in [2.75, 3.05) is 20.6 Å². The van der Waals surface area contributed by atoms with E-state index in [1.54, 1.807) is 36.4 Å². The van der Waals surface area contributed by atoms with Crippen molar-refractivity contribution in [3.63, 3.8) is 0 Å². The summed E-state index contributed by atoms with van der Waals surface area (Å²) in [5, 5.41) is 3.44. The molecule has 3 aromatic carbocycles. The van der Waals surface area contributed by atoms with Crippen molar-refractivity contribution in [2.24, 2.45) is 0 Å². The van der Waals surface area contributed by atoms with Crippen LogP contribution in [-0.4, -0.2) is 56.1 Å². The quantitative estimate of drug-likeness (QED) is 0.336. The highest BCUT2D eigenvalue weighted by molar-refractivity contribution is 7.89. The number of nitrogens with zero attached hydrogens (tertiary/aromatic N) is 2. The van der Waals surface area contributed by atoms with Crippen LogP contribution in [-0.2, 0) is 32.6 Å². The van der Waals surface area contributed by atoms with Crippen molar-refractivity contribution in [1.29, 1.82) is 0 Å². The smallest absolute Gasteiger partial charge is 0.242 e. The topological polar surface area (TPSA) is 86.8 Å². The van der Waals surface area contributed by atoms with Crippen LogP contribution in [0.15, 0.2) is 83.8 Å². The molecule has 0 saturated carbocycles. The molecule has 1 atom stereocenters. The molecule has 0 aromatic heterocycles. The zero-order valence-electron chi connectivity index (χ0n) is 21.3. The lowest BCUT2D eigenvalue weighted by atomic mass is 10.0. The van der Waals surface area contributed by atoms with E-state index in [4.69, 9.17) is 23.2 Å². The van der Waals surface area contributed by atoms with Gasteiger partial charge in [-0.05, 0) is 36.2 Å². The van der Waals surface area contributed by atoms with Crippen molar-refractivity contribution in [1.82, 2.24) is 14.5 Å². The molecule has 0 saturated heterocycles. The Hall–Kier alpha value is -2.91. The number of hydrogen-bond acceptors (Lipinski definition) is 4. The van der Waals surface area contributed by atoms with Gasteiger partial charge >= 0.3 is 0 Å². The van der Waals surface area contributed by atoms with Crippen molar-refractivity contribution < 1.29 is 18.0 Å². The number of halogens is 2. The van der Waals surface area contributed by atoms with E-state index in [0.29, 0.717) is 15.6 Å². The molecule has 1 N–H and O–H groups in total. The molecule has 7 nitrogen and oxygen atoms in total. The fourth-order valence-electron chi connectivity index (χ4n) is 4.06. The molecule has 0 fully saturated rings. The number of carbonyl (C=O) groups is 2. The molecule has 0 aliphatic carbocycles. The van der Waals surface area contributed by atoms with Crippen LogP contribution < -0.4 is 5.32 Å². The van der Waals surface area contributed by atoms with Gasteiger partial charge in [-0.25, -0.2) is 12.7 Å². The number of hydrogen-bond donors (Lipinski definition) is 1. The van der Waals surface area contributed by atoms with E-state index < -0.39 is 16.1 Å². The first-order valence-electron chi connectivity index (χ1n) is 12.1. The molecule has 0 bridgehead atoms. The summed E-state index contributed by atoms with van der Waals surface area (Å²) in [4.78, 5) is 28.3. The first-order chi connectivity index (χ1) is 18.1. The van der Waals surface area contributed by atoms with Crippen LogP contribution >= 0.6 is 23.2 Å². The lowest BCUT2D eigenvalue weighted by molar-refractivity contribution is -0.141. The maximum absolute atomic E-state index is 13.6. The summed E-state index contributed by atoms with van der Waals surface area (Å²) in [5.74, 6) is -0.634. The number of likely N-dealkylation sites (N-methyl/N-ethyl adjacent to an activating group) is 1. The molecule has 1 unspecified atom stereocenters. The first kappa shape index (κ1) is 29.6. The molecular formula is C28H31Cl2N3O4S. The number of amides is 2. The Balaban J connectivity index is 1.83. The van der Waals surface area contributed by atoms with Crippen LogP contribution in [0.25, 0.3) is 0 Å². The minimum Gasteiger partial charge on any atom is -0.357 e. The average molecular weight is 577 g/mol. The van der Waals surface area contributed by atoms with Gasteiger partial charge in [-0.3, -0.25) is 9.59 Å². The summed E-state index contributed by atoms with van der Waals surface area (Å²) in [6.07, 6.45) is 0.579. The van der Waals surface area contributed by atoms with E-state index in [-0.39, 0.29) is 49.1 Å². The molecule has 10 heteroatoms. The van der Waals surface area contributed by atoms with E-state index in [0.717, 1.165) is 5.56 Å². The number of sulfonamides is 1. The third kappa shape index (κ3) is 7.57. The number of carbonyl (C=O) groups excluding carboxylic acids is 2. The van der Waals surface area contributed by atoms with E-state index in [2.05, 4.69) is 5.32 Å². The van der Waals surface area contributed by atoms with Gasteiger partial charge in [-0.15, -0.1) is 0 Å². The Kier molecular flexibility index (Phi) is 10.7. The lowest BCUT2D eigenvalue weighted by Gasteiger charge is -2.32. The van der Waals surface area contributed by atoms with Gasteiger partial charge in [0.25, 0.3) is 0 Å². The van der Waals surface area contributed by atoms with Crippen molar-refractivity contribution >= 4 is 45.0 Å². The van der Waals surface area contributed by atoms with Gasteiger partial charge in [0.05, 0.1) is 4.90 Å². The second-order valence-corrected chi connectivity index (χ2v) is 11.6. The average Bonchev–Trinajstić information content (AvgIpc) is 2.92. The third-order valence-corrected chi connectivity index (χ3v) is 8.80. The largest absolute Gasteiger partial charge is 0.357 e. The minimum absolute atomic E-state index is 0.0268. The van der Waals surface area contributed by atoms with Crippen LogP contribution in [0.4, 0.5) is 0 Å². The Bertz CT molecular complexity index is 1320. The van der Waals surface area contributed by atoms with E-state index in [9.17, 15) is 18.0 Å². The third-order valence-electron chi connectivity index (χ3n) is 6.22. The predicted molar refractivity (Wildman–Crippen MR) is 151 cm³/mol. The predicted octanol–water partition coefficient (Wildman–Crippen LogP) is 4.78. The molecule has 3 rings (SSSR count). The summed E-state index contributed by atoms with van der Waals surface area (Å²) in [6.45, 7) is 0.160. The highest BCUT2D eigenvalue weighted by Crippen LogP contribution is 2.27. The molecule has 0 spiro atoms. The fourth-order valence-corrected chi connectivity index (χ4v) is 5.81. The molecule has 0 aliphatic rings. The molecule has 0 aliphatic heterocycles. The van der Waals surface area contributed by atoms with Gasteiger partial charge in [0, 0.05) is 55.6 Å². The van der Waals surface area contributed by atoms with Gasteiger partial charge in [-0.2, -0.15) is 0 Å². The molecular weight excluding hydrogens is 545 g/mol. The monoisotopic (exact) mass is 575 g/mol. The van der Waals surface area contributed by atoms with Crippen LogP contribution in [0.5, 0.6) is 0 Å². The van der Waals surface area contributed by atoms with Gasteiger partial charge in [-0.1, -0.05) is 77.8 Å². The van der Waals surface area contributed by atoms with Gasteiger partial charge < -0.3 is 10.2 Å². The Morgan fingerprint density at radius 1 is 0.895 bits per heavy atom. The molecule has 38 heavy (non-hydrogen) atoms. The number of benzene rings is 3. The minimum atomic E-state index is -3.68. The van der Waals surface area contributed by atoms with E-state index >= 15 is 0 Å². The normalized spacial score (nSPS) is 12.2. The van der Waals surface area contributed by atoms with Crippen LogP contribution in [0, 0.1) is 0 Å². The summed E-state index contributed by atoms with van der Waals surface area (Å²) in [5.41, 5.74) is 1.42. The molecule has 0 heterocycles. The van der Waals surface area contributed by atoms with Crippen molar-refractivity contribution in [3.05, 3.63) is 100 Å².